The van der Waals surface area contributed by atoms with Gasteiger partial charge in [0.15, 0.2) is 5.16 Å². The van der Waals surface area contributed by atoms with Crippen molar-refractivity contribution in [2.45, 2.75) is 23.8 Å². The largest absolute Gasteiger partial charge is 0.497 e. The van der Waals surface area contributed by atoms with Crippen molar-refractivity contribution in [3.63, 3.8) is 0 Å². The van der Waals surface area contributed by atoms with Gasteiger partial charge in [-0.2, -0.15) is 0 Å². The highest BCUT2D eigenvalue weighted by molar-refractivity contribution is 7.98. The van der Waals surface area contributed by atoms with E-state index in [1.807, 2.05) is 53.4 Å². The number of carbonyl (C=O) groups is 1. The minimum absolute atomic E-state index is 0.0173. The number of nitrogens with zero attached hydrogens (tertiary/aromatic N) is 3. The third-order valence-electron chi connectivity index (χ3n) is 6.05. The molecule has 0 aliphatic carbocycles. The summed E-state index contributed by atoms with van der Waals surface area (Å²) in [5.74, 6) is 1.21. The molecule has 1 amide bonds. The van der Waals surface area contributed by atoms with Crippen LogP contribution in [-0.2, 0) is 5.75 Å². The standard InChI is InChI=1S/C27H24ClN3O3S/c1-34-22-9-5-8-21(16-22)31-26(33)23-11-10-19(25(32)30-12-2-3-13-30)15-24(23)29-27(31)35-17-18-6-4-7-20(28)14-18/h4-11,14-16H,2-3,12-13,17H2,1H3. The summed E-state index contributed by atoms with van der Waals surface area (Å²) in [5, 5.41) is 1.64. The van der Waals surface area contributed by atoms with Gasteiger partial charge in [0.1, 0.15) is 5.75 Å². The van der Waals surface area contributed by atoms with Crippen molar-refractivity contribution in [2.24, 2.45) is 0 Å². The number of fused-ring (bicyclic) bond motifs is 1. The van der Waals surface area contributed by atoms with Gasteiger partial charge in [-0.3, -0.25) is 14.2 Å². The summed E-state index contributed by atoms with van der Waals surface area (Å²) in [5.41, 5.74) is 2.54. The third-order valence-corrected chi connectivity index (χ3v) is 7.29. The molecule has 0 spiro atoms. The van der Waals surface area contributed by atoms with E-state index in [2.05, 4.69) is 0 Å². The van der Waals surface area contributed by atoms with Crippen LogP contribution < -0.4 is 10.3 Å². The minimum atomic E-state index is -0.197. The molecule has 8 heteroatoms. The number of methoxy groups -OCH3 is 1. The predicted molar refractivity (Wildman–Crippen MR) is 140 cm³/mol. The van der Waals surface area contributed by atoms with E-state index < -0.39 is 0 Å². The molecule has 2 heterocycles. The van der Waals surface area contributed by atoms with Gasteiger partial charge in [-0.05, 0) is 60.9 Å². The third kappa shape index (κ3) is 4.92. The Balaban J connectivity index is 1.61. The van der Waals surface area contributed by atoms with Crippen LogP contribution in [-0.4, -0.2) is 40.6 Å². The lowest BCUT2D eigenvalue weighted by atomic mass is 10.1. The van der Waals surface area contributed by atoms with Crippen LogP contribution in [0.4, 0.5) is 0 Å². The summed E-state index contributed by atoms with van der Waals surface area (Å²) in [6.45, 7) is 1.53. The van der Waals surface area contributed by atoms with Crippen molar-refractivity contribution in [3.05, 3.63) is 93.2 Å². The van der Waals surface area contributed by atoms with Gasteiger partial charge in [0, 0.05) is 35.5 Å². The topological polar surface area (TPSA) is 64.4 Å². The number of benzene rings is 3. The molecule has 1 saturated heterocycles. The van der Waals surface area contributed by atoms with Crippen LogP contribution >= 0.6 is 23.4 Å². The first kappa shape index (κ1) is 23.5. The van der Waals surface area contributed by atoms with E-state index in [0.717, 1.165) is 31.5 Å². The molecule has 5 rings (SSSR count). The number of hydrogen-bond acceptors (Lipinski definition) is 5. The van der Waals surface area contributed by atoms with Crippen LogP contribution in [0, 0.1) is 0 Å². The maximum atomic E-state index is 13.7. The van der Waals surface area contributed by atoms with E-state index in [0.29, 0.717) is 43.8 Å². The fourth-order valence-corrected chi connectivity index (χ4v) is 5.42. The molecule has 0 unspecified atom stereocenters. The lowest BCUT2D eigenvalue weighted by molar-refractivity contribution is 0.0793. The molecule has 35 heavy (non-hydrogen) atoms. The number of halogens is 1. The average Bonchev–Trinajstić information content (AvgIpc) is 3.42. The van der Waals surface area contributed by atoms with Crippen molar-refractivity contribution in [2.75, 3.05) is 20.2 Å². The molecule has 4 aromatic rings. The number of carbonyl (C=O) groups excluding carboxylic acids is 1. The summed E-state index contributed by atoms with van der Waals surface area (Å²) < 4.78 is 6.98. The van der Waals surface area contributed by atoms with Crippen molar-refractivity contribution in [3.8, 4) is 11.4 Å². The second-order valence-electron chi connectivity index (χ2n) is 8.39. The summed E-state index contributed by atoms with van der Waals surface area (Å²) >= 11 is 7.60. The van der Waals surface area contributed by atoms with Crippen LogP contribution in [0.25, 0.3) is 16.6 Å². The second-order valence-corrected chi connectivity index (χ2v) is 9.77. The van der Waals surface area contributed by atoms with Crippen LogP contribution in [0.2, 0.25) is 5.02 Å². The molecule has 6 nitrogen and oxygen atoms in total. The first-order valence-corrected chi connectivity index (χ1v) is 12.8. The highest BCUT2D eigenvalue weighted by Crippen LogP contribution is 2.27. The van der Waals surface area contributed by atoms with E-state index in [4.69, 9.17) is 21.3 Å². The lowest BCUT2D eigenvalue weighted by Crippen LogP contribution is -2.28. The molecule has 1 fully saturated rings. The first-order valence-electron chi connectivity index (χ1n) is 11.4. The Hall–Kier alpha value is -3.29. The monoisotopic (exact) mass is 505 g/mol. The van der Waals surface area contributed by atoms with E-state index in [1.165, 1.54) is 11.8 Å². The molecule has 0 saturated carbocycles. The molecular weight excluding hydrogens is 482 g/mol. The maximum Gasteiger partial charge on any atom is 0.266 e. The van der Waals surface area contributed by atoms with Gasteiger partial charge in [-0.25, -0.2) is 4.98 Å². The highest BCUT2D eigenvalue weighted by atomic mass is 35.5. The smallest absolute Gasteiger partial charge is 0.266 e. The number of ether oxygens (including phenoxy) is 1. The van der Waals surface area contributed by atoms with E-state index in [1.54, 1.807) is 29.9 Å². The minimum Gasteiger partial charge on any atom is -0.497 e. The number of rotatable bonds is 6. The fraction of sp³-hybridized carbons (Fsp3) is 0.222. The Kier molecular flexibility index (Phi) is 6.79. The van der Waals surface area contributed by atoms with Gasteiger partial charge in [-0.1, -0.05) is 41.6 Å². The molecule has 1 aliphatic rings. The van der Waals surface area contributed by atoms with E-state index in [9.17, 15) is 9.59 Å². The summed E-state index contributed by atoms with van der Waals surface area (Å²) in [6.07, 6.45) is 2.04. The summed E-state index contributed by atoms with van der Waals surface area (Å²) in [6, 6.07) is 20.1. The zero-order valence-electron chi connectivity index (χ0n) is 19.2. The Morgan fingerprint density at radius 2 is 1.86 bits per heavy atom. The maximum absolute atomic E-state index is 13.7. The molecule has 178 valence electrons. The van der Waals surface area contributed by atoms with Crippen LogP contribution in [0.5, 0.6) is 5.75 Å². The average molecular weight is 506 g/mol. The Morgan fingerprint density at radius 1 is 1.06 bits per heavy atom. The lowest BCUT2D eigenvalue weighted by Gasteiger charge is -2.17. The molecule has 1 aromatic heterocycles. The van der Waals surface area contributed by atoms with Crippen LogP contribution in [0.1, 0.15) is 28.8 Å². The molecule has 0 bridgehead atoms. The highest BCUT2D eigenvalue weighted by Gasteiger charge is 2.21. The number of thioether (sulfide) groups is 1. The Bertz CT molecular complexity index is 1460. The van der Waals surface area contributed by atoms with Gasteiger partial charge >= 0.3 is 0 Å². The molecular formula is C27H24ClN3O3S. The Labute approximate surface area is 212 Å². The number of amides is 1. The normalized spacial score (nSPS) is 13.4. The first-order chi connectivity index (χ1) is 17.0. The van der Waals surface area contributed by atoms with E-state index >= 15 is 0 Å². The van der Waals surface area contributed by atoms with Crippen molar-refractivity contribution in [1.82, 2.24) is 14.5 Å². The van der Waals surface area contributed by atoms with Gasteiger partial charge < -0.3 is 9.64 Å². The SMILES string of the molecule is COc1cccc(-n2c(SCc3cccc(Cl)c3)nc3cc(C(=O)N4CCCC4)ccc3c2=O)c1. The van der Waals surface area contributed by atoms with Gasteiger partial charge in [-0.15, -0.1) is 0 Å². The zero-order valence-corrected chi connectivity index (χ0v) is 20.8. The Morgan fingerprint density at radius 3 is 2.63 bits per heavy atom. The molecule has 0 radical (unpaired) electrons. The van der Waals surface area contributed by atoms with Crippen LogP contribution in [0.3, 0.4) is 0 Å². The number of hydrogen-bond donors (Lipinski definition) is 0. The van der Waals surface area contributed by atoms with Crippen molar-refractivity contribution in [1.29, 1.82) is 0 Å². The molecule has 3 aromatic carbocycles. The quantitative estimate of drug-likeness (QED) is 0.253. The van der Waals surface area contributed by atoms with E-state index in [-0.39, 0.29) is 11.5 Å². The molecule has 0 atom stereocenters. The molecule has 0 N–H and O–H groups in total. The zero-order chi connectivity index (χ0) is 24.4. The predicted octanol–water partition coefficient (Wildman–Crippen LogP) is 5.58. The summed E-state index contributed by atoms with van der Waals surface area (Å²) in [4.78, 5) is 33.4. The van der Waals surface area contributed by atoms with Gasteiger partial charge in [0.25, 0.3) is 11.5 Å². The molecule has 1 aliphatic heterocycles. The number of aromatic nitrogens is 2. The van der Waals surface area contributed by atoms with Crippen LogP contribution in [0.15, 0.2) is 76.7 Å². The second kappa shape index (κ2) is 10.1. The van der Waals surface area contributed by atoms with Gasteiger partial charge in [0.2, 0.25) is 0 Å². The fourth-order valence-electron chi connectivity index (χ4n) is 4.25. The van der Waals surface area contributed by atoms with Gasteiger partial charge in [0.05, 0.1) is 23.7 Å². The van der Waals surface area contributed by atoms with Crippen molar-refractivity contribution < 1.29 is 9.53 Å². The summed E-state index contributed by atoms with van der Waals surface area (Å²) in [7, 11) is 1.59. The number of likely N-dealkylation sites (tertiary alicyclic amines) is 1. The van der Waals surface area contributed by atoms with Crippen molar-refractivity contribution >= 4 is 40.2 Å².